The quantitative estimate of drug-likeness (QED) is 0.230. The van der Waals surface area contributed by atoms with Crippen molar-refractivity contribution in [2.75, 3.05) is 34.5 Å². The molecule has 2 saturated heterocycles. The van der Waals surface area contributed by atoms with E-state index in [0.29, 0.717) is 0 Å². The van der Waals surface area contributed by atoms with Gasteiger partial charge in [0.05, 0.1) is 11.8 Å². The van der Waals surface area contributed by atoms with Crippen LogP contribution in [-0.4, -0.2) is 79.0 Å². The van der Waals surface area contributed by atoms with Crippen molar-refractivity contribution in [2.24, 2.45) is 11.8 Å². The number of fused-ring (bicyclic) bond motifs is 2. The van der Waals surface area contributed by atoms with Gasteiger partial charge in [-0.15, -0.1) is 23.5 Å². The van der Waals surface area contributed by atoms with Crippen LogP contribution in [0.15, 0.2) is 22.0 Å². The van der Waals surface area contributed by atoms with Crippen LogP contribution in [0, 0.1) is 11.8 Å². The van der Waals surface area contributed by atoms with Crippen LogP contribution in [0.2, 0.25) is 0 Å². The molecule has 0 aromatic rings. The SMILES string of the molecule is CC(C)(CCSCCCSCCC(C)(C)N1C(=O)C=C2SCCC2C1=O)N1C(=O)C=C2SCCC2C1=O. The number of amides is 4. The predicted octanol–water partition coefficient (Wildman–Crippen LogP) is 5.19. The number of nitrogens with zero attached hydrogens (tertiary/aromatic N) is 2. The van der Waals surface area contributed by atoms with Gasteiger partial charge >= 0.3 is 0 Å². The van der Waals surface area contributed by atoms with Gasteiger partial charge in [-0.2, -0.15) is 23.5 Å². The van der Waals surface area contributed by atoms with Crippen LogP contribution in [0.3, 0.4) is 0 Å². The lowest BCUT2D eigenvalue weighted by Crippen LogP contribution is -2.54. The van der Waals surface area contributed by atoms with Gasteiger partial charge in [-0.25, -0.2) is 0 Å². The molecule has 4 aliphatic rings. The highest BCUT2D eigenvalue weighted by Gasteiger charge is 2.45. The van der Waals surface area contributed by atoms with Crippen LogP contribution in [0.4, 0.5) is 0 Å². The van der Waals surface area contributed by atoms with Crippen molar-refractivity contribution in [3.05, 3.63) is 22.0 Å². The molecule has 2 atom stereocenters. The first-order chi connectivity index (χ1) is 17.5. The van der Waals surface area contributed by atoms with Crippen molar-refractivity contribution < 1.29 is 19.2 Å². The standard InChI is InChI=1S/C27H38N2O4S4/c1-26(2,28-22(30)16-20-18(24(28)32)6-12-36-20)8-14-34-10-5-11-35-15-9-27(3,4)29-23(31)17-21-19(25(29)33)7-13-37-21/h16-19H,5-15H2,1-4H3. The summed E-state index contributed by atoms with van der Waals surface area (Å²) in [5.74, 6) is 5.14. The Hall–Kier alpha value is -0.840. The zero-order valence-corrected chi connectivity index (χ0v) is 25.5. The van der Waals surface area contributed by atoms with Crippen LogP contribution >= 0.6 is 47.0 Å². The van der Waals surface area contributed by atoms with Gasteiger partial charge in [0, 0.05) is 33.0 Å². The van der Waals surface area contributed by atoms with E-state index in [-0.39, 0.29) is 35.5 Å². The highest BCUT2D eigenvalue weighted by atomic mass is 32.2. The van der Waals surface area contributed by atoms with Crippen molar-refractivity contribution in [3.63, 3.8) is 0 Å². The average molecular weight is 583 g/mol. The molecule has 2 unspecified atom stereocenters. The molecule has 2 fully saturated rings. The number of rotatable bonds is 12. The summed E-state index contributed by atoms with van der Waals surface area (Å²) in [5, 5.41) is 0. The van der Waals surface area contributed by atoms with Crippen molar-refractivity contribution in [3.8, 4) is 0 Å². The van der Waals surface area contributed by atoms with E-state index in [9.17, 15) is 19.2 Å². The molecule has 0 aliphatic carbocycles. The van der Waals surface area contributed by atoms with E-state index in [2.05, 4.69) is 0 Å². The van der Waals surface area contributed by atoms with Crippen molar-refractivity contribution in [1.82, 2.24) is 9.80 Å². The number of carbonyl (C=O) groups excluding carboxylic acids is 4. The molecule has 0 aromatic carbocycles. The smallest absolute Gasteiger partial charge is 0.254 e. The zero-order chi connectivity index (χ0) is 26.8. The third-order valence-electron chi connectivity index (χ3n) is 7.55. The third kappa shape index (κ3) is 6.49. The molecular formula is C27H38N2O4S4. The van der Waals surface area contributed by atoms with Crippen molar-refractivity contribution in [2.45, 2.75) is 70.9 Å². The zero-order valence-electron chi connectivity index (χ0n) is 22.2. The normalized spacial score (nSPS) is 24.4. The molecule has 0 bridgehead atoms. The van der Waals surface area contributed by atoms with Gasteiger partial charge in [0.2, 0.25) is 11.8 Å². The maximum Gasteiger partial charge on any atom is 0.254 e. The molecule has 0 spiro atoms. The van der Waals surface area contributed by atoms with Crippen LogP contribution in [0.5, 0.6) is 0 Å². The largest absolute Gasteiger partial charge is 0.274 e. The fourth-order valence-corrected chi connectivity index (χ4v) is 10.2. The summed E-state index contributed by atoms with van der Waals surface area (Å²) >= 11 is 7.03. The van der Waals surface area contributed by atoms with E-state index in [0.717, 1.165) is 76.4 Å². The summed E-state index contributed by atoms with van der Waals surface area (Å²) in [5.41, 5.74) is -0.958. The van der Waals surface area contributed by atoms with E-state index in [4.69, 9.17) is 0 Å². The van der Waals surface area contributed by atoms with Gasteiger partial charge < -0.3 is 0 Å². The first-order valence-electron chi connectivity index (χ1n) is 13.1. The Morgan fingerprint density at radius 2 is 1.14 bits per heavy atom. The van der Waals surface area contributed by atoms with Crippen LogP contribution in [0.1, 0.15) is 59.8 Å². The second-order valence-corrected chi connectivity index (χ2v) is 16.0. The number of hydrogen-bond acceptors (Lipinski definition) is 8. The van der Waals surface area contributed by atoms with Gasteiger partial charge in [0.1, 0.15) is 0 Å². The second kappa shape index (κ2) is 12.1. The first-order valence-corrected chi connectivity index (χ1v) is 17.4. The lowest BCUT2D eigenvalue weighted by molar-refractivity contribution is -0.153. The van der Waals surface area contributed by atoms with Crippen molar-refractivity contribution in [1.29, 1.82) is 0 Å². The minimum atomic E-state index is -0.479. The minimum Gasteiger partial charge on any atom is -0.274 e. The molecular weight excluding hydrogens is 545 g/mol. The Labute approximate surface area is 237 Å². The van der Waals surface area contributed by atoms with Crippen LogP contribution < -0.4 is 0 Å². The van der Waals surface area contributed by atoms with E-state index >= 15 is 0 Å². The van der Waals surface area contributed by atoms with Gasteiger partial charge in [0.15, 0.2) is 0 Å². The van der Waals surface area contributed by atoms with Gasteiger partial charge in [-0.1, -0.05) is 0 Å². The lowest BCUT2D eigenvalue weighted by Gasteiger charge is -2.40. The Morgan fingerprint density at radius 3 is 1.54 bits per heavy atom. The molecule has 4 heterocycles. The molecule has 37 heavy (non-hydrogen) atoms. The number of carbonyl (C=O) groups is 4. The maximum atomic E-state index is 13.0. The van der Waals surface area contributed by atoms with Crippen LogP contribution in [-0.2, 0) is 19.2 Å². The highest BCUT2D eigenvalue weighted by Crippen LogP contribution is 2.43. The molecule has 4 rings (SSSR count). The van der Waals surface area contributed by atoms with E-state index in [1.165, 1.54) is 9.80 Å². The first kappa shape index (κ1) is 29.2. The van der Waals surface area contributed by atoms with Gasteiger partial charge in [-0.3, -0.25) is 29.0 Å². The van der Waals surface area contributed by atoms with Gasteiger partial charge in [0.25, 0.3) is 11.8 Å². The molecule has 0 saturated carbocycles. The Kier molecular flexibility index (Phi) is 9.56. The summed E-state index contributed by atoms with van der Waals surface area (Å²) in [6, 6.07) is 0. The summed E-state index contributed by atoms with van der Waals surface area (Å²) in [4.78, 5) is 56.1. The van der Waals surface area contributed by atoms with E-state index < -0.39 is 11.1 Å². The molecule has 4 aliphatic heterocycles. The summed E-state index contributed by atoms with van der Waals surface area (Å²) in [6.45, 7) is 8.01. The summed E-state index contributed by atoms with van der Waals surface area (Å²) in [6.07, 6.45) is 7.67. The Bertz CT molecular complexity index is 928. The third-order valence-corrected chi connectivity index (χ3v) is 12.0. The minimum absolute atomic E-state index is 0.0200. The summed E-state index contributed by atoms with van der Waals surface area (Å²) in [7, 11) is 0. The fourth-order valence-electron chi connectivity index (χ4n) is 5.28. The lowest BCUT2D eigenvalue weighted by atomic mass is 9.92. The molecule has 204 valence electrons. The number of imide groups is 2. The molecule has 10 heteroatoms. The molecule has 0 aromatic heterocycles. The summed E-state index contributed by atoms with van der Waals surface area (Å²) < 4.78 is 0. The molecule has 6 nitrogen and oxygen atoms in total. The van der Waals surface area contributed by atoms with E-state index in [1.807, 2.05) is 51.2 Å². The van der Waals surface area contributed by atoms with E-state index in [1.54, 1.807) is 35.7 Å². The predicted molar refractivity (Wildman–Crippen MR) is 158 cm³/mol. The Balaban J connectivity index is 1.12. The highest BCUT2D eigenvalue weighted by molar-refractivity contribution is 8.03. The fraction of sp³-hybridized carbons (Fsp3) is 0.704. The molecule has 0 radical (unpaired) electrons. The van der Waals surface area contributed by atoms with Crippen LogP contribution in [0.25, 0.3) is 0 Å². The maximum absolute atomic E-state index is 13.0. The molecule has 0 N–H and O–H groups in total. The van der Waals surface area contributed by atoms with Gasteiger partial charge in [-0.05, 0) is 94.3 Å². The number of thioether (sulfide) groups is 4. The monoisotopic (exact) mass is 582 g/mol. The Morgan fingerprint density at radius 1 is 0.730 bits per heavy atom. The average Bonchev–Trinajstić information content (AvgIpc) is 3.47. The van der Waals surface area contributed by atoms with Crippen molar-refractivity contribution >= 4 is 70.7 Å². The topological polar surface area (TPSA) is 74.8 Å². The second-order valence-electron chi connectivity index (χ2n) is 11.2. The molecule has 4 amide bonds. The number of hydrogen-bond donors (Lipinski definition) is 0.